The lowest BCUT2D eigenvalue weighted by Crippen LogP contribution is -2.09. The second-order valence-corrected chi connectivity index (χ2v) is 2.52. The maximum atomic E-state index is 12.0. The fourth-order valence-electron chi connectivity index (χ4n) is 0.702. The van der Waals surface area contributed by atoms with Gasteiger partial charge in [-0.3, -0.25) is 4.79 Å². The SMILES string of the molecule is O=C(Cl)c1cccc(C(F)(F)F)n1. The van der Waals surface area contributed by atoms with Crippen molar-refractivity contribution >= 4 is 16.8 Å². The van der Waals surface area contributed by atoms with E-state index in [0.717, 1.165) is 18.2 Å². The largest absolute Gasteiger partial charge is 0.433 e. The van der Waals surface area contributed by atoms with E-state index in [-0.39, 0.29) is 0 Å². The molecule has 1 aromatic rings. The van der Waals surface area contributed by atoms with Gasteiger partial charge in [0, 0.05) is 0 Å². The van der Waals surface area contributed by atoms with Crippen LogP contribution in [0, 0.1) is 0 Å². The van der Waals surface area contributed by atoms with Crippen LogP contribution in [0.15, 0.2) is 18.2 Å². The smallest absolute Gasteiger partial charge is 0.274 e. The van der Waals surface area contributed by atoms with Crippen molar-refractivity contribution in [2.45, 2.75) is 6.18 Å². The van der Waals surface area contributed by atoms with Gasteiger partial charge in [-0.15, -0.1) is 0 Å². The summed E-state index contributed by atoms with van der Waals surface area (Å²) >= 11 is 4.96. The number of hydrogen-bond donors (Lipinski definition) is 0. The van der Waals surface area contributed by atoms with Crippen LogP contribution < -0.4 is 0 Å². The summed E-state index contributed by atoms with van der Waals surface area (Å²) in [5, 5.41) is -1.01. The number of alkyl halides is 3. The predicted octanol–water partition coefficient (Wildman–Crippen LogP) is 2.48. The first-order chi connectivity index (χ1) is 5.91. The van der Waals surface area contributed by atoms with Gasteiger partial charge in [-0.2, -0.15) is 13.2 Å². The average molecular weight is 210 g/mol. The first-order valence-electron chi connectivity index (χ1n) is 3.15. The fraction of sp³-hybridized carbons (Fsp3) is 0.143. The van der Waals surface area contributed by atoms with Crippen LogP contribution in [0.1, 0.15) is 16.2 Å². The Kier molecular flexibility index (Phi) is 2.56. The minimum Gasteiger partial charge on any atom is -0.274 e. The Bertz CT molecular complexity index is 337. The first kappa shape index (κ1) is 9.98. The molecule has 0 saturated heterocycles. The van der Waals surface area contributed by atoms with E-state index in [4.69, 9.17) is 11.6 Å². The van der Waals surface area contributed by atoms with Gasteiger partial charge in [0.2, 0.25) is 0 Å². The Morgan fingerprint density at radius 2 is 2.00 bits per heavy atom. The number of rotatable bonds is 1. The Balaban J connectivity index is 3.13. The molecule has 0 spiro atoms. The quantitative estimate of drug-likeness (QED) is 0.665. The third-order valence-electron chi connectivity index (χ3n) is 1.24. The summed E-state index contributed by atoms with van der Waals surface area (Å²) < 4.78 is 36.0. The number of carbonyl (C=O) groups is 1. The zero-order valence-corrected chi connectivity index (χ0v) is 6.86. The molecule has 0 atom stereocenters. The highest BCUT2D eigenvalue weighted by Crippen LogP contribution is 2.27. The lowest BCUT2D eigenvalue weighted by molar-refractivity contribution is -0.141. The Morgan fingerprint density at radius 3 is 2.46 bits per heavy atom. The molecule has 0 unspecified atom stereocenters. The molecule has 6 heteroatoms. The predicted molar refractivity (Wildman–Crippen MR) is 39.4 cm³/mol. The van der Waals surface area contributed by atoms with E-state index < -0.39 is 22.8 Å². The molecule has 1 aromatic heterocycles. The summed E-state index contributed by atoms with van der Waals surface area (Å²) in [6, 6.07) is 2.96. The van der Waals surface area contributed by atoms with Crippen LogP contribution >= 0.6 is 11.6 Å². The number of aromatic nitrogens is 1. The summed E-state index contributed by atoms with van der Waals surface area (Å²) in [6.45, 7) is 0. The van der Waals surface area contributed by atoms with Crippen LogP contribution in [0.5, 0.6) is 0 Å². The minimum atomic E-state index is -4.55. The van der Waals surface area contributed by atoms with Crippen molar-refractivity contribution in [2.75, 3.05) is 0 Å². The van der Waals surface area contributed by atoms with Crippen LogP contribution in [0.2, 0.25) is 0 Å². The maximum Gasteiger partial charge on any atom is 0.433 e. The van der Waals surface area contributed by atoms with Crippen molar-refractivity contribution in [3.8, 4) is 0 Å². The fourth-order valence-corrected chi connectivity index (χ4v) is 0.807. The highest BCUT2D eigenvalue weighted by Gasteiger charge is 2.32. The van der Waals surface area contributed by atoms with Gasteiger partial charge in [0.1, 0.15) is 11.4 Å². The summed E-state index contributed by atoms with van der Waals surface area (Å²) in [5.41, 5.74) is -1.53. The Hall–Kier alpha value is -1.10. The van der Waals surface area contributed by atoms with E-state index in [1.54, 1.807) is 0 Å². The first-order valence-corrected chi connectivity index (χ1v) is 3.53. The number of halogens is 4. The summed E-state index contributed by atoms with van der Waals surface area (Å²) in [7, 11) is 0. The second-order valence-electron chi connectivity index (χ2n) is 2.18. The lowest BCUT2D eigenvalue weighted by atomic mass is 10.3. The zero-order chi connectivity index (χ0) is 10.1. The lowest BCUT2D eigenvalue weighted by Gasteiger charge is -2.04. The van der Waals surface area contributed by atoms with Gasteiger partial charge < -0.3 is 0 Å². The van der Waals surface area contributed by atoms with Crippen molar-refractivity contribution < 1.29 is 18.0 Å². The van der Waals surface area contributed by atoms with Gasteiger partial charge in [0.25, 0.3) is 5.24 Å². The molecule has 0 fully saturated rings. The highest BCUT2D eigenvalue weighted by atomic mass is 35.5. The second kappa shape index (κ2) is 3.33. The van der Waals surface area contributed by atoms with Gasteiger partial charge in [0.15, 0.2) is 0 Å². The van der Waals surface area contributed by atoms with Gasteiger partial charge in [-0.1, -0.05) is 6.07 Å². The molecule has 0 saturated carbocycles. The average Bonchev–Trinajstić information content (AvgIpc) is 2.03. The molecule has 0 N–H and O–H groups in total. The topological polar surface area (TPSA) is 30.0 Å². The maximum absolute atomic E-state index is 12.0. The van der Waals surface area contributed by atoms with E-state index in [1.807, 2.05) is 0 Å². The van der Waals surface area contributed by atoms with Crippen molar-refractivity contribution in [1.29, 1.82) is 0 Å². The normalized spacial score (nSPS) is 11.4. The molecule has 0 bridgehead atoms. The van der Waals surface area contributed by atoms with E-state index in [0.29, 0.717) is 0 Å². The summed E-state index contributed by atoms with van der Waals surface area (Å²) in [4.78, 5) is 13.5. The standard InChI is InChI=1S/C7H3ClF3NO/c8-6(13)4-2-1-3-5(12-4)7(9,10)11/h1-3H. The molecular formula is C7H3ClF3NO. The van der Waals surface area contributed by atoms with Crippen molar-refractivity contribution in [3.63, 3.8) is 0 Å². The Labute approximate surface area is 76.3 Å². The number of nitrogens with zero attached hydrogens (tertiary/aromatic N) is 1. The molecule has 0 aliphatic rings. The van der Waals surface area contributed by atoms with Crippen LogP contribution in [0.3, 0.4) is 0 Å². The number of carbonyl (C=O) groups excluding carboxylic acids is 1. The van der Waals surface area contributed by atoms with E-state index in [1.165, 1.54) is 0 Å². The summed E-state index contributed by atoms with van der Waals surface area (Å²) in [5.74, 6) is 0. The molecule has 0 aromatic carbocycles. The van der Waals surface area contributed by atoms with Gasteiger partial charge in [0.05, 0.1) is 0 Å². The van der Waals surface area contributed by atoms with Crippen LogP contribution in [-0.2, 0) is 6.18 Å². The monoisotopic (exact) mass is 209 g/mol. The van der Waals surface area contributed by atoms with Crippen molar-refractivity contribution in [2.24, 2.45) is 0 Å². The molecule has 0 radical (unpaired) electrons. The van der Waals surface area contributed by atoms with Crippen LogP contribution in [0.25, 0.3) is 0 Å². The molecule has 2 nitrogen and oxygen atoms in total. The van der Waals surface area contributed by atoms with Crippen LogP contribution in [0.4, 0.5) is 13.2 Å². The van der Waals surface area contributed by atoms with E-state index in [2.05, 4.69) is 4.98 Å². The molecule has 70 valence electrons. The highest BCUT2D eigenvalue weighted by molar-refractivity contribution is 6.67. The molecular weight excluding hydrogens is 207 g/mol. The molecule has 1 heterocycles. The van der Waals surface area contributed by atoms with Gasteiger partial charge in [-0.25, -0.2) is 4.98 Å². The van der Waals surface area contributed by atoms with Gasteiger partial charge in [-0.05, 0) is 23.7 Å². The number of pyridine rings is 1. The zero-order valence-electron chi connectivity index (χ0n) is 6.10. The van der Waals surface area contributed by atoms with Gasteiger partial charge >= 0.3 is 6.18 Å². The van der Waals surface area contributed by atoms with Crippen molar-refractivity contribution in [3.05, 3.63) is 29.6 Å². The molecule has 13 heavy (non-hydrogen) atoms. The van der Waals surface area contributed by atoms with Crippen LogP contribution in [-0.4, -0.2) is 10.2 Å². The summed E-state index contributed by atoms with van der Waals surface area (Å²) in [6.07, 6.45) is -4.55. The molecule has 0 amide bonds. The Morgan fingerprint density at radius 1 is 1.38 bits per heavy atom. The van der Waals surface area contributed by atoms with Crippen molar-refractivity contribution in [1.82, 2.24) is 4.98 Å². The number of hydrogen-bond acceptors (Lipinski definition) is 2. The molecule has 0 aliphatic carbocycles. The van der Waals surface area contributed by atoms with E-state index >= 15 is 0 Å². The minimum absolute atomic E-state index is 0.406. The third kappa shape index (κ3) is 2.42. The van der Waals surface area contributed by atoms with E-state index in [9.17, 15) is 18.0 Å². The molecule has 0 aliphatic heterocycles. The molecule has 1 rings (SSSR count). The third-order valence-corrected chi connectivity index (χ3v) is 1.43.